The molecule has 1 aromatic rings. The first-order valence-electron chi connectivity index (χ1n) is 4.39. The number of hydrogen-bond acceptors (Lipinski definition) is 2. The van der Waals surface area contributed by atoms with Crippen LogP contribution in [-0.2, 0) is 0 Å². The predicted octanol–water partition coefficient (Wildman–Crippen LogP) is 1.99. The highest BCUT2D eigenvalue weighted by atomic mass is 19.1. The zero-order chi connectivity index (χ0) is 11.4. The number of halogens is 1. The molecule has 0 saturated carbocycles. The van der Waals surface area contributed by atoms with Gasteiger partial charge in [-0.3, -0.25) is 4.79 Å². The quantitative estimate of drug-likeness (QED) is 0.558. The molecule has 1 rings (SSSR count). The number of rotatable bonds is 3. The number of carbonyl (C=O) groups is 1. The van der Waals surface area contributed by atoms with Gasteiger partial charge < -0.3 is 9.74 Å². The molecular weight excluding hydrogens is 195 g/mol. The maximum atomic E-state index is 13.4. The van der Waals surface area contributed by atoms with Crippen molar-refractivity contribution >= 4 is 11.5 Å². The molecule has 0 aliphatic carbocycles. The lowest BCUT2D eigenvalue weighted by molar-refractivity contribution is 0.101. The Morgan fingerprint density at radius 2 is 2.20 bits per heavy atom. The van der Waals surface area contributed by atoms with E-state index in [0.717, 1.165) is 0 Å². The van der Waals surface area contributed by atoms with Crippen LogP contribution in [0.1, 0.15) is 10.4 Å². The van der Waals surface area contributed by atoms with Crippen molar-refractivity contribution in [2.75, 3.05) is 25.5 Å². The van der Waals surface area contributed by atoms with E-state index in [4.69, 9.17) is 6.57 Å². The molecule has 0 spiro atoms. The predicted molar refractivity (Wildman–Crippen MR) is 56.5 cm³/mol. The van der Waals surface area contributed by atoms with E-state index in [1.54, 1.807) is 25.1 Å². The summed E-state index contributed by atoms with van der Waals surface area (Å²) < 4.78 is 13.4. The van der Waals surface area contributed by atoms with E-state index in [1.807, 2.05) is 0 Å². The monoisotopic (exact) mass is 206 g/mol. The minimum absolute atomic E-state index is 0.0170. The van der Waals surface area contributed by atoms with Crippen molar-refractivity contribution in [3.05, 3.63) is 41.0 Å². The molecule has 0 aromatic heterocycles. The van der Waals surface area contributed by atoms with Crippen molar-refractivity contribution in [1.29, 1.82) is 0 Å². The van der Waals surface area contributed by atoms with Crippen LogP contribution in [0, 0.1) is 12.4 Å². The van der Waals surface area contributed by atoms with Crippen LogP contribution >= 0.6 is 0 Å². The molecule has 0 atom stereocenters. The Morgan fingerprint density at radius 1 is 1.53 bits per heavy atom. The van der Waals surface area contributed by atoms with Crippen LogP contribution in [0.25, 0.3) is 4.85 Å². The van der Waals surface area contributed by atoms with Crippen LogP contribution in [-0.4, -0.2) is 26.4 Å². The fraction of sp³-hybridized carbons (Fsp3) is 0.273. The second-order valence-electron chi connectivity index (χ2n) is 3.30. The third-order valence-electron chi connectivity index (χ3n) is 1.99. The van der Waals surface area contributed by atoms with E-state index in [0.29, 0.717) is 5.69 Å². The fourth-order valence-corrected chi connectivity index (χ4v) is 1.17. The average molecular weight is 206 g/mol. The topological polar surface area (TPSA) is 24.7 Å². The summed E-state index contributed by atoms with van der Waals surface area (Å²) in [6.07, 6.45) is 0. The van der Waals surface area contributed by atoms with Crippen LogP contribution in [0.2, 0.25) is 0 Å². The number of carbonyl (C=O) groups excluding carboxylic acids is 1. The van der Waals surface area contributed by atoms with Crippen molar-refractivity contribution < 1.29 is 9.18 Å². The lowest BCUT2D eigenvalue weighted by Gasteiger charge is -2.12. The first-order valence-corrected chi connectivity index (χ1v) is 4.39. The Hall–Kier alpha value is -1.89. The summed E-state index contributed by atoms with van der Waals surface area (Å²) in [6, 6.07) is 4.36. The molecule has 0 saturated heterocycles. The van der Waals surface area contributed by atoms with Gasteiger partial charge in [-0.05, 0) is 18.2 Å². The minimum Gasteiger partial charge on any atom is -0.378 e. The van der Waals surface area contributed by atoms with Gasteiger partial charge in [-0.2, -0.15) is 0 Å². The number of nitrogens with zero attached hydrogens (tertiary/aromatic N) is 2. The minimum atomic E-state index is -0.574. The Balaban J connectivity index is 3.04. The van der Waals surface area contributed by atoms with Crippen LogP contribution in [0.4, 0.5) is 10.1 Å². The van der Waals surface area contributed by atoms with E-state index < -0.39 is 11.6 Å². The smallest absolute Gasteiger partial charge is 0.276 e. The molecular formula is C11H11FN2O. The highest BCUT2D eigenvalue weighted by Gasteiger charge is 2.14. The van der Waals surface area contributed by atoms with Gasteiger partial charge in [0.2, 0.25) is 5.78 Å². The molecule has 0 heterocycles. The van der Waals surface area contributed by atoms with E-state index in [-0.39, 0.29) is 12.1 Å². The molecule has 0 N–H and O–H groups in total. The van der Waals surface area contributed by atoms with Crippen molar-refractivity contribution in [3.63, 3.8) is 0 Å². The summed E-state index contributed by atoms with van der Waals surface area (Å²) in [5.41, 5.74) is 0.670. The van der Waals surface area contributed by atoms with Crippen molar-refractivity contribution in [1.82, 2.24) is 0 Å². The number of Topliss-reactive ketones (excluding diaryl/α,β-unsaturated/α-hetero) is 1. The fourth-order valence-electron chi connectivity index (χ4n) is 1.17. The number of benzene rings is 1. The summed E-state index contributed by atoms with van der Waals surface area (Å²) >= 11 is 0. The lowest BCUT2D eigenvalue weighted by Crippen LogP contribution is -2.11. The third-order valence-corrected chi connectivity index (χ3v) is 1.99. The van der Waals surface area contributed by atoms with Crippen LogP contribution in [0.5, 0.6) is 0 Å². The molecule has 0 aliphatic heterocycles. The van der Waals surface area contributed by atoms with Gasteiger partial charge in [-0.1, -0.05) is 0 Å². The summed E-state index contributed by atoms with van der Waals surface area (Å²) in [5.74, 6) is -1.05. The van der Waals surface area contributed by atoms with Gasteiger partial charge in [0.1, 0.15) is 5.82 Å². The zero-order valence-corrected chi connectivity index (χ0v) is 8.62. The van der Waals surface area contributed by atoms with Gasteiger partial charge in [-0.25, -0.2) is 11.0 Å². The Labute approximate surface area is 87.9 Å². The van der Waals surface area contributed by atoms with Gasteiger partial charge in [0.15, 0.2) is 0 Å². The maximum Gasteiger partial charge on any atom is 0.276 e. The number of ketones is 1. The normalized spacial score (nSPS) is 9.47. The molecule has 0 amide bonds. The molecule has 0 aliphatic rings. The van der Waals surface area contributed by atoms with Gasteiger partial charge in [-0.15, -0.1) is 0 Å². The highest BCUT2D eigenvalue weighted by molar-refractivity contribution is 5.99. The van der Waals surface area contributed by atoms with Crippen LogP contribution < -0.4 is 4.90 Å². The van der Waals surface area contributed by atoms with Gasteiger partial charge in [0, 0.05) is 19.8 Å². The molecule has 3 nitrogen and oxygen atoms in total. The van der Waals surface area contributed by atoms with Crippen LogP contribution in [0.15, 0.2) is 18.2 Å². The van der Waals surface area contributed by atoms with E-state index in [2.05, 4.69) is 4.85 Å². The average Bonchev–Trinajstić information content (AvgIpc) is 2.17. The van der Waals surface area contributed by atoms with Gasteiger partial charge in [0.05, 0.1) is 5.56 Å². The highest BCUT2D eigenvalue weighted by Crippen LogP contribution is 2.17. The third kappa shape index (κ3) is 2.53. The Bertz CT molecular complexity index is 421. The Morgan fingerprint density at radius 3 is 2.67 bits per heavy atom. The lowest BCUT2D eigenvalue weighted by atomic mass is 10.1. The van der Waals surface area contributed by atoms with E-state index in [1.165, 1.54) is 12.1 Å². The molecule has 0 fully saturated rings. The standard InChI is InChI=1S/C11H11FN2O/c1-13-7-11(15)9-5-4-8(14(2)3)6-10(9)12/h4-6H,7H2,2-3H3. The van der Waals surface area contributed by atoms with Crippen molar-refractivity contribution in [3.8, 4) is 0 Å². The van der Waals surface area contributed by atoms with E-state index in [9.17, 15) is 9.18 Å². The van der Waals surface area contributed by atoms with Gasteiger partial charge in [0.25, 0.3) is 6.54 Å². The largest absolute Gasteiger partial charge is 0.378 e. The molecule has 78 valence electrons. The second-order valence-corrected chi connectivity index (χ2v) is 3.30. The molecule has 0 bridgehead atoms. The van der Waals surface area contributed by atoms with Crippen LogP contribution in [0.3, 0.4) is 0 Å². The number of anilines is 1. The van der Waals surface area contributed by atoms with Crippen molar-refractivity contribution in [2.45, 2.75) is 0 Å². The summed E-state index contributed by atoms with van der Waals surface area (Å²) in [5, 5.41) is 0. The Kier molecular flexibility index (Phi) is 3.40. The van der Waals surface area contributed by atoms with E-state index >= 15 is 0 Å². The van der Waals surface area contributed by atoms with Crippen molar-refractivity contribution in [2.24, 2.45) is 0 Å². The molecule has 4 heteroatoms. The summed E-state index contributed by atoms with van der Waals surface area (Å²) in [4.78, 5) is 16.0. The first kappa shape index (κ1) is 11.2. The molecule has 0 radical (unpaired) electrons. The SMILES string of the molecule is [C-]#[N+]CC(=O)c1ccc(N(C)C)cc1F. The second kappa shape index (κ2) is 4.56. The molecule has 0 unspecified atom stereocenters. The summed E-state index contributed by atoms with van der Waals surface area (Å²) in [6.45, 7) is 6.23. The number of hydrogen-bond donors (Lipinski definition) is 0. The zero-order valence-electron chi connectivity index (χ0n) is 8.62. The molecule has 15 heavy (non-hydrogen) atoms. The molecule has 1 aromatic carbocycles. The van der Waals surface area contributed by atoms with Gasteiger partial charge >= 0.3 is 0 Å². The maximum absolute atomic E-state index is 13.4. The summed E-state index contributed by atoms with van der Waals surface area (Å²) in [7, 11) is 3.57. The first-order chi connectivity index (χ1) is 7.06.